The minimum atomic E-state index is 0.224. The Morgan fingerprint density at radius 2 is 1.97 bits per heavy atom. The Kier molecular flexibility index (Phi) is 5.88. The van der Waals surface area contributed by atoms with Crippen LogP contribution in [0.25, 0.3) is 27.8 Å². The molecule has 1 atom stereocenters. The second kappa shape index (κ2) is 9.57. The predicted molar refractivity (Wildman–Crippen MR) is 154 cm³/mol. The van der Waals surface area contributed by atoms with Crippen molar-refractivity contribution in [2.45, 2.75) is 39.0 Å². The molecule has 1 saturated heterocycles. The molecule has 1 aliphatic carbocycles. The largest absolute Gasteiger partial charge is 0.369 e. The van der Waals surface area contributed by atoms with E-state index in [2.05, 4.69) is 44.9 Å². The standard InChI is InChI=1S/C30H33N9/c1-30(2)18-31-10-9-21(30)15-34-29-27-23(19-6-7-19)16-32-17-24(27)35-28(37-29)20-8-11-33-25(13-20)36-26-14-22-5-3-4-12-39(22)38-26/h3-5,8,11-14,16-17,19,21,31H,6-7,9-10,15,18H2,1-2H3,(H,33,36,38)(H,34,35,37). The molecule has 5 aromatic rings. The van der Waals surface area contributed by atoms with E-state index in [0.29, 0.717) is 23.5 Å². The van der Waals surface area contributed by atoms with E-state index in [-0.39, 0.29) is 5.41 Å². The van der Waals surface area contributed by atoms with E-state index >= 15 is 0 Å². The fourth-order valence-corrected chi connectivity index (χ4v) is 5.66. The number of anilines is 3. The highest BCUT2D eigenvalue weighted by Gasteiger charge is 2.33. The van der Waals surface area contributed by atoms with Crippen molar-refractivity contribution in [1.29, 1.82) is 0 Å². The number of hydrogen-bond acceptors (Lipinski definition) is 8. The van der Waals surface area contributed by atoms with Crippen LogP contribution in [0.5, 0.6) is 0 Å². The number of fused-ring (bicyclic) bond motifs is 2. The van der Waals surface area contributed by atoms with E-state index in [0.717, 1.165) is 59.7 Å². The Labute approximate surface area is 227 Å². The molecule has 1 unspecified atom stereocenters. The minimum absolute atomic E-state index is 0.224. The SMILES string of the molecule is CC1(C)CNCCC1CNc1nc(-c2ccnc(Nc3cc4ccccn4n3)c2)nc2cncc(C3CC3)c12. The van der Waals surface area contributed by atoms with E-state index in [1.54, 1.807) is 6.20 Å². The maximum absolute atomic E-state index is 5.12. The van der Waals surface area contributed by atoms with Crippen LogP contribution < -0.4 is 16.0 Å². The Hall–Kier alpha value is -4.11. The van der Waals surface area contributed by atoms with E-state index in [9.17, 15) is 0 Å². The molecule has 1 aliphatic heterocycles. The average molecular weight is 520 g/mol. The van der Waals surface area contributed by atoms with Crippen molar-refractivity contribution in [3.63, 3.8) is 0 Å². The topological polar surface area (TPSA) is 105 Å². The molecule has 0 aromatic carbocycles. The summed E-state index contributed by atoms with van der Waals surface area (Å²) in [5.41, 5.74) is 4.26. The molecule has 0 spiro atoms. The van der Waals surface area contributed by atoms with Crippen molar-refractivity contribution in [2.24, 2.45) is 11.3 Å². The van der Waals surface area contributed by atoms with Crippen molar-refractivity contribution >= 4 is 33.9 Å². The first-order chi connectivity index (χ1) is 19.0. The maximum Gasteiger partial charge on any atom is 0.162 e. The summed E-state index contributed by atoms with van der Waals surface area (Å²) in [5, 5.41) is 16.3. The van der Waals surface area contributed by atoms with Crippen LogP contribution in [0.1, 0.15) is 44.6 Å². The van der Waals surface area contributed by atoms with Crippen LogP contribution in [0.3, 0.4) is 0 Å². The lowest BCUT2D eigenvalue weighted by Gasteiger charge is -2.39. The van der Waals surface area contributed by atoms with Gasteiger partial charge in [-0.2, -0.15) is 5.10 Å². The molecule has 0 bridgehead atoms. The van der Waals surface area contributed by atoms with Crippen molar-refractivity contribution in [1.82, 2.24) is 34.9 Å². The monoisotopic (exact) mass is 519 g/mol. The van der Waals surface area contributed by atoms with Crippen LogP contribution in [0, 0.1) is 11.3 Å². The lowest BCUT2D eigenvalue weighted by Crippen LogP contribution is -2.45. The van der Waals surface area contributed by atoms with Crippen molar-refractivity contribution in [3.05, 3.63) is 66.7 Å². The van der Waals surface area contributed by atoms with Gasteiger partial charge in [0.2, 0.25) is 0 Å². The number of hydrogen-bond donors (Lipinski definition) is 3. The maximum atomic E-state index is 5.12. The first-order valence-electron chi connectivity index (χ1n) is 13.8. The van der Waals surface area contributed by atoms with E-state index < -0.39 is 0 Å². The molecule has 39 heavy (non-hydrogen) atoms. The van der Waals surface area contributed by atoms with E-state index in [1.807, 2.05) is 59.5 Å². The average Bonchev–Trinajstić information content (AvgIpc) is 3.71. The number of nitrogens with one attached hydrogen (secondary N) is 3. The van der Waals surface area contributed by atoms with Gasteiger partial charge in [0, 0.05) is 48.7 Å². The zero-order valence-electron chi connectivity index (χ0n) is 22.4. The molecule has 9 nitrogen and oxygen atoms in total. The molecular weight excluding hydrogens is 486 g/mol. The lowest BCUT2D eigenvalue weighted by molar-refractivity contribution is 0.166. The molecule has 3 N–H and O–H groups in total. The summed E-state index contributed by atoms with van der Waals surface area (Å²) in [5.74, 6) is 4.09. The van der Waals surface area contributed by atoms with Gasteiger partial charge in [0.15, 0.2) is 11.6 Å². The third-order valence-electron chi connectivity index (χ3n) is 8.17. The van der Waals surface area contributed by atoms with Gasteiger partial charge in [-0.1, -0.05) is 19.9 Å². The molecule has 1 saturated carbocycles. The molecule has 2 fully saturated rings. The molecule has 198 valence electrons. The first kappa shape index (κ1) is 24.0. The van der Waals surface area contributed by atoms with Gasteiger partial charge in [0.1, 0.15) is 11.6 Å². The van der Waals surface area contributed by atoms with Crippen LogP contribution in [-0.4, -0.2) is 49.2 Å². The zero-order chi connectivity index (χ0) is 26.4. The predicted octanol–water partition coefficient (Wildman–Crippen LogP) is 5.40. The molecule has 2 aliphatic rings. The third-order valence-corrected chi connectivity index (χ3v) is 8.17. The van der Waals surface area contributed by atoms with Gasteiger partial charge in [0.25, 0.3) is 0 Å². The van der Waals surface area contributed by atoms with Crippen molar-refractivity contribution < 1.29 is 0 Å². The molecule has 6 heterocycles. The fourth-order valence-electron chi connectivity index (χ4n) is 5.66. The summed E-state index contributed by atoms with van der Waals surface area (Å²) in [6.45, 7) is 7.67. The normalized spacial score (nSPS) is 18.9. The summed E-state index contributed by atoms with van der Waals surface area (Å²) >= 11 is 0. The molecule has 0 amide bonds. The van der Waals surface area contributed by atoms with Gasteiger partial charge in [0.05, 0.1) is 17.2 Å². The van der Waals surface area contributed by atoms with Gasteiger partial charge in [-0.25, -0.2) is 19.5 Å². The summed E-state index contributed by atoms with van der Waals surface area (Å²) < 4.78 is 1.84. The molecule has 9 heteroatoms. The van der Waals surface area contributed by atoms with Crippen LogP contribution in [0.4, 0.5) is 17.5 Å². The van der Waals surface area contributed by atoms with Gasteiger partial charge in [-0.15, -0.1) is 0 Å². The van der Waals surface area contributed by atoms with Crippen LogP contribution in [0.15, 0.2) is 61.2 Å². The van der Waals surface area contributed by atoms with E-state index in [4.69, 9.17) is 9.97 Å². The minimum Gasteiger partial charge on any atom is -0.369 e. The molecule has 7 rings (SSSR count). The van der Waals surface area contributed by atoms with Crippen molar-refractivity contribution in [3.8, 4) is 11.4 Å². The summed E-state index contributed by atoms with van der Waals surface area (Å²) in [6.07, 6.45) is 11.1. The smallest absolute Gasteiger partial charge is 0.162 e. The fraction of sp³-hybridized carbons (Fsp3) is 0.367. The quantitative estimate of drug-likeness (QED) is 0.262. The van der Waals surface area contributed by atoms with Gasteiger partial charge in [-0.05, 0) is 72.9 Å². The van der Waals surface area contributed by atoms with Gasteiger partial charge >= 0.3 is 0 Å². The van der Waals surface area contributed by atoms with Gasteiger partial charge < -0.3 is 16.0 Å². The van der Waals surface area contributed by atoms with Gasteiger partial charge in [-0.3, -0.25) is 4.98 Å². The number of pyridine rings is 3. The second-order valence-electron chi connectivity index (χ2n) is 11.5. The Morgan fingerprint density at radius 1 is 1.05 bits per heavy atom. The second-order valence-corrected chi connectivity index (χ2v) is 11.5. The number of rotatable bonds is 7. The molecule has 0 radical (unpaired) electrons. The van der Waals surface area contributed by atoms with E-state index in [1.165, 1.54) is 18.4 Å². The number of aromatic nitrogens is 6. The highest BCUT2D eigenvalue weighted by molar-refractivity contribution is 5.93. The summed E-state index contributed by atoms with van der Waals surface area (Å²) in [6, 6.07) is 11.9. The highest BCUT2D eigenvalue weighted by Crippen LogP contribution is 2.44. The Morgan fingerprint density at radius 3 is 2.82 bits per heavy atom. The zero-order valence-corrected chi connectivity index (χ0v) is 22.4. The molecule has 5 aromatic heterocycles. The molecular formula is C30H33N9. The van der Waals surface area contributed by atoms with Crippen LogP contribution >= 0.6 is 0 Å². The number of nitrogens with zero attached hydrogens (tertiary/aromatic N) is 6. The number of piperidine rings is 1. The van der Waals surface area contributed by atoms with Crippen molar-refractivity contribution in [2.75, 3.05) is 30.3 Å². The van der Waals surface area contributed by atoms with Crippen LogP contribution in [0.2, 0.25) is 0 Å². The lowest BCUT2D eigenvalue weighted by atomic mass is 9.74. The Bertz CT molecular complexity index is 1620. The summed E-state index contributed by atoms with van der Waals surface area (Å²) in [4.78, 5) is 19.2. The van der Waals surface area contributed by atoms with Crippen LogP contribution in [-0.2, 0) is 0 Å². The summed E-state index contributed by atoms with van der Waals surface area (Å²) in [7, 11) is 0. The highest BCUT2D eigenvalue weighted by atomic mass is 15.3. The third kappa shape index (κ3) is 4.78. The first-order valence-corrected chi connectivity index (χ1v) is 13.8. The Balaban J connectivity index is 1.24.